The SMILES string of the molecule is CC(CO)(CO)NC(=O)Nc1cccc(-c2c(F)cccc2F)c1. The highest BCUT2D eigenvalue weighted by molar-refractivity contribution is 5.90. The molecule has 24 heavy (non-hydrogen) atoms. The first-order valence-corrected chi connectivity index (χ1v) is 7.24. The molecule has 2 aromatic rings. The molecule has 0 unspecified atom stereocenters. The standard InChI is InChI=1S/C17H18F2N2O3/c1-17(9-22,10-23)21-16(24)20-12-5-2-4-11(8-12)15-13(18)6-3-7-14(15)19/h2-8,22-23H,9-10H2,1H3,(H2,20,21,24). The molecule has 0 radical (unpaired) electrons. The van der Waals surface area contributed by atoms with E-state index in [1.54, 1.807) is 12.1 Å². The van der Waals surface area contributed by atoms with E-state index < -0.39 is 36.4 Å². The van der Waals surface area contributed by atoms with Gasteiger partial charge in [0.15, 0.2) is 0 Å². The van der Waals surface area contributed by atoms with Gasteiger partial charge < -0.3 is 20.8 Å². The number of hydrogen-bond donors (Lipinski definition) is 4. The van der Waals surface area contributed by atoms with Crippen LogP contribution in [-0.4, -0.2) is 35.0 Å². The third-order valence-electron chi connectivity index (χ3n) is 3.49. The fourth-order valence-electron chi connectivity index (χ4n) is 2.09. The lowest BCUT2D eigenvalue weighted by molar-refractivity contribution is 0.111. The second-order valence-corrected chi connectivity index (χ2v) is 5.63. The van der Waals surface area contributed by atoms with Crippen LogP contribution in [0.15, 0.2) is 42.5 Å². The molecule has 5 nitrogen and oxygen atoms in total. The van der Waals surface area contributed by atoms with Crippen LogP contribution in [0, 0.1) is 11.6 Å². The molecule has 0 spiro atoms. The number of carbonyl (C=O) groups is 1. The van der Waals surface area contributed by atoms with E-state index in [0.29, 0.717) is 5.69 Å². The lowest BCUT2D eigenvalue weighted by Crippen LogP contribution is -2.53. The number of urea groups is 1. The number of aliphatic hydroxyl groups is 2. The molecule has 0 aliphatic heterocycles. The van der Waals surface area contributed by atoms with Crippen molar-refractivity contribution < 1.29 is 23.8 Å². The summed E-state index contributed by atoms with van der Waals surface area (Å²) in [6.45, 7) is 0.576. The highest BCUT2D eigenvalue weighted by atomic mass is 19.1. The van der Waals surface area contributed by atoms with Crippen LogP contribution in [0.1, 0.15) is 6.92 Å². The molecule has 0 heterocycles. The molecule has 2 amide bonds. The van der Waals surface area contributed by atoms with Gasteiger partial charge in [0.2, 0.25) is 0 Å². The van der Waals surface area contributed by atoms with Crippen molar-refractivity contribution in [1.82, 2.24) is 5.32 Å². The van der Waals surface area contributed by atoms with Crippen LogP contribution >= 0.6 is 0 Å². The van der Waals surface area contributed by atoms with E-state index >= 15 is 0 Å². The molecule has 0 atom stereocenters. The maximum absolute atomic E-state index is 13.8. The van der Waals surface area contributed by atoms with E-state index in [0.717, 1.165) is 12.1 Å². The smallest absolute Gasteiger partial charge is 0.319 e. The third-order valence-corrected chi connectivity index (χ3v) is 3.49. The number of nitrogens with one attached hydrogen (secondary N) is 2. The summed E-state index contributed by atoms with van der Waals surface area (Å²) in [5.74, 6) is -1.41. The van der Waals surface area contributed by atoms with Crippen molar-refractivity contribution in [2.24, 2.45) is 0 Å². The average Bonchev–Trinajstić information content (AvgIpc) is 2.55. The van der Waals surface area contributed by atoms with Crippen molar-refractivity contribution in [3.8, 4) is 11.1 Å². The predicted molar refractivity (Wildman–Crippen MR) is 86.5 cm³/mol. The number of rotatable bonds is 5. The Morgan fingerprint density at radius 2 is 1.67 bits per heavy atom. The first kappa shape index (κ1) is 17.8. The van der Waals surface area contributed by atoms with Crippen molar-refractivity contribution >= 4 is 11.7 Å². The minimum atomic E-state index is -1.18. The van der Waals surface area contributed by atoms with Gasteiger partial charge in [-0.25, -0.2) is 13.6 Å². The molecule has 7 heteroatoms. The number of halogens is 2. The first-order valence-electron chi connectivity index (χ1n) is 7.24. The van der Waals surface area contributed by atoms with E-state index in [1.165, 1.54) is 25.1 Å². The van der Waals surface area contributed by atoms with Gasteiger partial charge in [0.05, 0.1) is 24.3 Å². The zero-order valence-electron chi connectivity index (χ0n) is 13.0. The van der Waals surface area contributed by atoms with Crippen molar-refractivity contribution in [3.05, 3.63) is 54.1 Å². The summed E-state index contributed by atoms with van der Waals surface area (Å²) in [6, 6.07) is 8.97. The van der Waals surface area contributed by atoms with Gasteiger partial charge in [0.1, 0.15) is 11.6 Å². The highest BCUT2D eigenvalue weighted by Crippen LogP contribution is 2.27. The number of anilines is 1. The Balaban J connectivity index is 2.21. The molecular weight excluding hydrogens is 318 g/mol. The summed E-state index contributed by atoms with van der Waals surface area (Å²) in [5.41, 5.74) is -0.780. The van der Waals surface area contributed by atoms with Gasteiger partial charge in [-0.1, -0.05) is 18.2 Å². The molecular formula is C17H18F2N2O3. The second-order valence-electron chi connectivity index (χ2n) is 5.63. The molecule has 0 bridgehead atoms. The van der Waals surface area contributed by atoms with E-state index in [4.69, 9.17) is 10.2 Å². The topological polar surface area (TPSA) is 81.6 Å². The zero-order valence-corrected chi connectivity index (χ0v) is 13.0. The Labute approximate surface area is 137 Å². The van der Waals surface area contributed by atoms with Crippen LogP contribution in [0.4, 0.5) is 19.3 Å². The molecule has 4 N–H and O–H groups in total. The van der Waals surface area contributed by atoms with Gasteiger partial charge >= 0.3 is 6.03 Å². The summed E-state index contributed by atoms with van der Waals surface area (Å²) < 4.78 is 27.7. The molecule has 2 aromatic carbocycles. The quantitative estimate of drug-likeness (QED) is 0.677. The van der Waals surface area contributed by atoms with E-state index in [1.807, 2.05) is 0 Å². The highest BCUT2D eigenvalue weighted by Gasteiger charge is 2.24. The molecule has 0 saturated carbocycles. The van der Waals surface area contributed by atoms with Crippen molar-refractivity contribution in [1.29, 1.82) is 0 Å². The molecule has 0 fully saturated rings. The first-order chi connectivity index (χ1) is 11.4. The summed E-state index contributed by atoms with van der Waals surface area (Å²) >= 11 is 0. The number of hydrogen-bond acceptors (Lipinski definition) is 3. The lowest BCUT2D eigenvalue weighted by atomic mass is 10.0. The summed E-state index contributed by atoms with van der Waals surface area (Å²) in [6.07, 6.45) is 0. The van der Waals surface area contributed by atoms with Gasteiger partial charge in [0, 0.05) is 5.69 Å². The van der Waals surface area contributed by atoms with Gasteiger partial charge in [-0.05, 0) is 36.8 Å². The van der Waals surface area contributed by atoms with Crippen LogP contribution in [-0.2, 0) is 0 Å². The Morgan fingerprint density at radius 3 is 2.25 bits per heavy atom. The Kier molecular flexibility index (Phi) is 5.48. The van der Waals surface area contributed by atoms with Gasteiger partial charge in [0.25, 0.3) is 0 Å². The molecule has 0 saturated heterocycles. The van der Waals surface area contributed by atoms with E-state index in [9.17, 15) is 13.6 Å². The molecule has 128 valence electrons. The van der Waals surface area contributed by atoms with Gasteiger partial charge in [-0.3, -0.25) is 0 Å². The number of aliphatic hydroxyl groups excluding tert-OH is 2. The summed E-state index contributed by atoms with van der Waals surface area (Å²) in [7, 11) is 0. The number of benzene rings is 2. The maximum atomic E-state index is 13.8. The Bertz CT molecular complexity index is 713. The normalized spacial score (nSPS) is 11.2. The van der Waals surface area contributed by atoms with Gasteiger partial charge in [-0.2, -0.15) is 0 Å². The Morgan fingerprint density at radius 1 is 1.08 bits per heavy atom. The second kappa shape index (κ2) is 7.37. The van der Waals surface area contributed by atoms with Crippen LogP contribution in [0.5, 0.6) is 0 Å². The van der Waals surface area contributed by atoms with Crippen LogP contribution in [0.2, 0.25) is 0 Å². The molecule has 0 aromatic heterocycles. The minimum Gasteiger partial charge on any atom is -0.394 e. The van der Waals surface area contributed by atoms with Crippen molar-refractivity contribution in [2.45, 2.75) is 12.5 Å². The summed E-state index contributed by atoms with van der Waals surface area (Å²) in [4.78, 5) is 11.9. The largest absolute Gasteiger partial charge is 0.394 e. The van der Waals surface area contributed by atoms with Crippen LogP contribution in [0.3, 0.4) is 0 Å². The van der Waals surface area contributed by atoms with E-state index in [-0.39, 0.29) is 11.1 Å². The molecule has 0 aliphatic rings. The fourth-order valence-corrected chi connectivity index (χ4v) is 2.09. The molecule has 0 aliphatic carbocycles. The number of carbonyl (C=O) groups excluding carboxylic acids is 1. The van der Waals surface area contributed by atoms with Crippen LogP contribution in [0.25, 0.3) is 11.1 Å². The lowest BCUT2D eigenvalue weighted by Gasteiger charge is -2.26. The zero-order chi connectivity index (χ0) is 17.7. The third kappa shape index (κ3) is 4.06. The summed E-state index contributed by atoms with van der Waals surface area (Å²) in [5, 5.41) is 23.3. The number of amides is 2. The fraction of sp³-hybridized carbons (Fsp3) is 0.235. The molecule has 2 rings (SSSR count). The van der Waals surface area contributed by atoms with E-state index in [2.05, 4.69) is 10.6 Å². The van der Waals surface area contributed by atoms with Crippen molar-refractivity contribution in [2.75, 3.05) is 18.5 Å². The predicted octanol–water partition coefficient (Wildman–Crippen LogP) is 2.50. The van der Waals surface area contributed by atoms with Crippen molar-refractivity contribution in [3.63, 3.8) is 0 Å². The van der Waals surface area contributed by atoms with Crippen LogP contribution < -0.4 is 10.6 Å². The Hall–Kier alpha value is -2.51. The maximum Gasteiger partial charge on any atom is 0.319 e. The average molecular weight is 336 g/mol. The van der Waals surface area contributed by atoms with Gasteiger partial charge in [-0.15, -0.1) is 0 Å². The minimum absolute atomic E-state index is 0.183. The monoisotopic (exact) mass is 336 g/mol.